The minimum Gasteiger partial charge on any atom is -0.447 e. The summed E-state index contributed by atoms with van der Waals surface area (Å²) in [6.45, 7) is 5.56. The highest BCUT2D eigenvalue weighted by atomic mass is 16.3. The van der Waals surface area contributed by atoms with E-state index in [-0.39, 0.29) is 17.9 Å². The largest absolute Gasteiger partial charge is 0.447 e. The number of oxazole rings is 1. The molecule has 3 heterocycles. The Morgan fingerprint density at radius 2 is 2.13 bits per heavy atom. The van der Waals surface area contributed by atoms with Crippen LogP contribution in [0.2, 0.25) is 0 Å². The first-order valence-electron chi connectivity index (χ1n) is 7.91. The van der Waals surface area contributed by atoms with Crippen molar-refractivity contribution in [3.05, 3.63) is 36.3 Å². The maximum atomic E-state index is 12.5. The molecule has 1 atom stereocenters. The lowest BCUT2D eigenvalue weighted by Crippen LogP contribution is -2.48. The van der Waals surface area contributed by atoms with Gasteiger partial charge in [0.05, 0.1) is 0 Å². The maximum absolute atomic E-state index is 12.5. The molecule has 2 aromatic heterocycles. The lowest BCUT2D eigenvalue weighted by Gasteiger charge is -2.32. The summed E-state index contributed by atoms with van der Waals surface area (Å²) in [5, 5.41) is 3.06. The van der Waals surface area contributed by atoms with E-state index in [0.717, 1.165) is 19.4 Å². The molecule has 1 aliphatic heterocycles. The molecular formula is C16H21N5O2. The lowest BCUT2D eigenvalue weighted by atomic mass is 10.0. The van der Waals surface area contributed by atoms with Crippen molar-refractivity contribution in [2.24, 2.45) is 0 Å². The first kappa shape index (κ1) is 15.5. The summed E-state index contributed by atoms with van der Waals surface area (Å²) in [6.07, 6.45) is 6.71. The SMILES string of the molecule is CC(C)c1ocnc1C(=O)NC1CCCN(c2ncccn2)C1. The number of carbonyl (C=O) groups is 1. The predicted octanol–water partition coefficient (Wildman–Crippen LogP) is 1.99. The van der Waals surface area contributed by atoms with Gasteiger partial charge in [-0.15, -0.1) is 0 Å². The van der Waals surface area contributed by atoms with Gasteiger partial charge in [0, 0.05) is 37.4 Å². The normalized spacial score (nSPS) is 18.2. The molecule has 7 heteroatoms. The monoisotopic (exact) mass is 315 g/mol. The van der Waals surface area contributed by atoms with Crippen LogP contribution in [0, 0.1) is 0 Å². The van der Waals surface area contributed by atoms with Gasteiger partial charge in [0.25, 0.3) is 5.91 Å². The fraction of sp³-hybridized carbons (Fsp3) is 0.500. The van der Waals surface area contributed by atoms with Gasteiger partial charge in [-0.25, -0.2) is 15.0 Å². The van der Waals surface area contributed by atoms with Gasteiger partial charge < -0.3 is 14.6 Å². The molecule has 0 radical (unpaired) electrons. The van der Waals surface area contributed by atoms with Gasteiger partial charge in [0.1, 0.15) is 5.76 Å². The van der Waals surface area contributed by atoms with E-state index in [4.69, 9.17) is 4.42 Å². The average Bonchev–Trinajstić information content (AvgIpc) is 3.06. The number of piperidine rings is 1. The van der Waals surface area contributed by atoms with E-state index in [1.165, 1.54) is 6.39 Å². The van der Waals surface area contributed by atoms with Crippen LogP contribution in [0.1, 0.15) is 48.9 Å². The number of nitrogens with one attached hydrogen (secondary N) is 1. The minimum absolute atomic E-state index is 0.0526. The summed E-state index contributed by atoms with van der Waals surface area (Å²) >= 11 is 0. The second-order valence-electron chi connectivity index (χ2n) is 6.03. The molecule has 1 amide bonds. The van der Waals surface area contributed by atoms with E-state index < -0.39 is 0 Å². The minimum atomic E-state index is -0.178. The molecule has 1 saturated heterocycles. The zero-order valence-corrected chi connectivity index (χ0v) is 13.4. The summed E-state index contributed by atoms with van der Waals surface area (Å²) in [5.41, 5.74) is 0.382. The van der Waals surface area contributed by atoms with Crippen LogP contribution in [0.25, 0.3) is 0 Å². The first-order chi connectivity index (χ1) is 11.1. The molecule has 1 N–H and O–H groups in total. The number of nitrogens with zero attached hydrogens (tertiary/aromatic N) is 4. The fourth-order valence-corrected chi connectivity index (χ4v) is 2.82. The number of rotatable bonds is 4. The lowest BCUT2D eigenvalue weighted by molar-refractivity contribution is 0.0926. The molecule has 1 aliphatic rings. The molecular weight excluding hydrogens is 294 g/mol. The highest BCUT2D eigenvalue weighted by Gasteiger charge is 2.26. The van der Waals surface area contributed by atoms with Crippen molar-refractivity contribution < 1.29 is 9.21 Å². The first-order valence-corrected chi connectivity index (χ1v) is 7.91. The van der Waals surface area contributed by atoms with Crippen LogP contribution in [0.15, 0.2) is 29.3 Å². The number of anilines is 1. The van der Waals surface area contributed by atoms with E-state index in [1.807, 2.05) is 13.8 Å². The van der Waals surface area contributed by atoms with Crippen LogP contribution in [0.4, 0.5) is 5.95 Å². The van der Waals surface area contributed by atoms with Crippen LogP contribution in [0.5, 0.6) is 0 Å². The Balaban J connectivity index is 1.66. The van der Waals surface area contributed by atoms with Crippen molar-refractivity contribution in [1.29, 1.82) is 0 Å². The fourth-order valence-electron chi connectivity index (χ4n) is 2.82. The van der Waals surface area contributed by atoms with Crippen LogP contribution in [-0.2, 0) is 0 Å². The molecule has 0 saturated carbocycles. The second kappa shape index (κ2) is 6.76. The number of hydrogen-bond acceptors (Lipinski definition) is 6. The summed E-state index contributed by atoms with van der Waals surface area (Å²) in [7, 11) is 0. The predicted molar refractivity (Wildman–Crippen MR) is 85.3 cm³/mol. The third kappa shape index (κ3) is 3.49. The average molecular weight is 315 g/mol. The molecule has 122 valence electrons. The van der Waals surface area contributed by atoms with E-state index in [0.29, 0.717) is 23.9 Å². The Morgan fingerprint density at radius 3 is 2.87 bits per heavy atom. The Bertz CT molecular complexity index is 656. The number of aromatic nitrogens is 3. The molecule has 0 bridgehead atoms. The quantitative estimate of drug-likeness (QED) is 0.929. The number of hydrogen-bond donors (Lipinski definition) is 1. The zero-order chi connectivity index (χ0) is 16.2. The van der Waals surface area contributed by atoms with E-state index in [2.05, 4.69) is 25.2 Å². The summed E-state index contributed by atoms with van der Waals surface area (Å²) in [5.74, 6) is 1.28. The summed E-state index contributed by atoms with van der Waals surface area (Å²) in [4.78, 5) is 27.2. The molecule has 1 fully saturated rings. The van der Waals surface area contributed by atoms with Crippen LogP contribution in [0.3, 0.4) is 0 Å². The molecule has 0 aliphatic carbocycles. The van der Waals surface area contributed by atoms with Gasteiger partial charge in [0.15, 0.2) is 12.1 Å². The van der Waals surface area contributed by atoms with Gasteiger partial charge in [0.2, 0.25) is 5.95 Å². The number of carbonyl (C=O) groups excluding carboxylic acids is 1. The van der Waals surface area contributed by atoms with Crippen molar-refractivity contribution in [3.63, 3.8) is 0 Å². The Kier molecular flexibility index (Phi) is 4.55. The van der Waals surface area contributed by atoms with Crippen LogP contribution >= 0.6 is 0 Å². The maximum Gasteiger partial charge on any atom is 0.273 e. The van der Waals surface area contributed by atoms with Gasteiger partial charge >= 0.3 is 0 Å². The Morgan fingerprint density at radius 1 is 1.35 bits per heavy atom. The van der Waals surface area contributed by atoms with E-state index >= 15 is 0 Å². The Labute approximate surface area is 135 Å². The van der Waals surface area contributed by atoms with Crippen LogP contribution in [-0.4, -0.2) is 40.0 Å². The molecule has 0 spiro atoms. The van der Waals surface area contributed by atoms with E-state index in [9.17, 15) is 4.79 Å². The smallest absolute Gasteiger partial charge is 0.273 e. The van der Waals surface area contributed by atoms with Gasteiger partial charge in [-0.2, -0.15) is 0 Å². The molecule has 1 unspecified atom stereocenters. The standard InChI is InChI=1S/C16H21N5O2/c1-11(2)14-13(19-10-23-14)15(22)20-12-5-3-8-21(9-12)16-17-6-4-7-18-16/h4,6-7,10-12H,3,5,8-9H2,1-2H3,(H,20,22). The third-order valence-corrected chi connectivity index (χ3v) is 3.93. The molecule has 7 nitrogen and oxygen atoms in total. The topological polar surface area (TPSA) is 84.2 Å². The Hall–Kier alpha value is -2.44. The molecule has 2 aromatic rings. The highest BCUT2D eigenvalue weighted by molar-refractivity contribution is 5.93. The van der Waals surface area contributed by atoms with E-state index in [1.54, 1.807) is 18.5 Å². The zero-order valence-electron chi connectivity index (χ0n) is 13.4. The summed E-state index contributed by atoms with van der Waals surface area (Å²) < 4.78 is 5.32. The van der Waals surface area contributed by atoms with Crippen molar-refractivity contribution in [2.45, 2.75) is 38.6 Å². The van der Waals surface area contributed by atoms with Gasteiger partial charge in [-0.05, 0) is 18.9 Å². The molecule has 23 heavy (non-hydrogen) atoms. The third-order valence-electron chi connectivity index (χ3n) is 3.93. The van der Waals surface area contributed by atoms with Crippen molar-refractivity contribution in [2.75, 3.05) is 18.0 Å². The second-order valence-corrected chi connectivity index (χ2v) is 6.03. The molecule has 0 aromatic carbocycles. The van der Waals surface area contributed by atoms with Crippen LogP contribution < -0.4 is 10.2 Å². The van der Waals surface area contributed by atoms with Crippen molar-refractivity contribution >= 4 is 11.9 Å². The number of amides is 1. The van der Waals surface area contributed by atoms with Crippen molar-refractivity contribution in [1.82, 2.24) is 20.3 Å². The van der Waals surface area contributed by atoms with Gasteiger partial charge in [-0.3, -0.25) is 4.79 Å². The highest BCUT2D eigenvalue weighted by Crippen LogP contribution is 2.19. The summed E-state index contributed by atoms with van der Waals surface area (Å²) in [6, 6.07) is 1.85. The molecule has 3 rings (SSSR count). The van der Waals surface area contributed by atoms with Gasteiger partial charge in [-0.1, -0.05) is 13.8 Å². The van der Waals surface area contributed by atoms with Crippen molar-refractivity contribution in [3.8, 4) is 0 Å².